The van der Waals surface area contributed by atoms with Crippen LogP contribution in [-0.2, 0) is 0 Å². The molecular formula is C15H23FO2. The van der Waals surface area contributed by atoms with Gasteiger partial charge in [-0.3, -0.25) is 0 Å². The molecule has 0 heterocycles. The zero-order valence-corrected chi connectivity index (χ0v) is 11.7. The molecule has 1 atom stereocenters. The SMILES string of the molecule is Cc1ccc(F)c(OCC(O)CCC(C)(C)C)c1. The lowest BCUT2D eigenvalue weighted by Gasteiger charge is -2.20. The van der Waals surface area contributed by atoms with Crippen molar-refractivity contribution in [3.8, 4) is 5.75 Å². The molecule has 2 nitrogen and oxygen atoms in total. The Morgan fingerprint density at radius 1 is 1.33 bits per heavy atom. The summed E-state index contributed by atoms with van der Waals surface area (Å²) in [5.41, 5.74) is 1.13. The molecule has 102 valence electrons. The van der Waals surface area contributed by atoms with E-state index in [-0.39, 0.29) is 23.6 Å². The largest absolute Gasteiger partial charge is 0.488 e. The van der Waals surface area contributed by atoms with Crippen molar-refractivity contribution < 1.29 is 14.2 Å². The normalized spacial score (nSPS) is 13.4. The van der Waals surface area contributed by atoms with Crippen LogP contribution in [0.2, 0.25) is 0 Å². The molecule has 1 aromatic carbocycles. The van der Waals surface area contributed by atoms with Gasteiger partial charge in [-0.2, -0.15) is 0 Å². The molecule has 0 aliphatic rings. The van der Waals surface area contributed by atoms with Gasteiger partial charge in [-0.05, 0) is 42.9 Å². The first kappa shape index (κ1) is 15.0. The van der Waals surface area contributed by atoms with Gasteiger partial charge in [-0.25, -0.2) is 4.39 Å². The highest BCUT2D eigenvalue weighted by atomic mass is 19.1. The number of aliphatic hydroxyl groups excluding tert-OH is 1. The van der Waals surface area contributed by atoms with Crippen LogP contribution in [0, 0.1) is 18.2 Å². The Bertz CT molecular complexity index is 383. The van der Waals surface area contributed by atoms with Crippen LogP contribution >= 0.6 is 0 Å². The van der Waals surface area contributed by atoms with Gasteiger partial charge in [0.25, 0.3) is 0 Å². The minimum absolute atomic E-state index is 0.135. The third-order valence-electron chi connectivity index (χ3n) is 2.75. The maximum absolute atomic E-state index is 13.4. The minimum atomic E-state index is -0.552. The van der Waals surface area contributed by atoms with Gasteiger partial charge in [0, 0.05) is 0 Å². The molecule has 3 heteroatoms. The van der Waals surface area contributed by atoms with Crippen molar-refractivity contribution in [2.75, 3.05) is 6.61 Å². The van der Waals surface area contributed by atoms with Crippen LogP contribution in [0.25, 0.3) is 0 Å². The lowest BCUT2D eigenvalue weighted by atomic mass is 9.89. The van der Waals surface area contributed by atoms with E-state index in [0.29, 0.717) is 6.42 Å². The average molecular weight is 254 g/mol. The Hall–Kier alpha value is -1.09. The third-order valence-corrected chi connectivity index (χ3v) is 2.75. The molecule has 0 bridgehead atoms. The predicted molar refractivity (Wildman–Crippen MR) is 71.3 cm³/mol. The summed E-state index contributed by atoms with van der Waals surface area (Å²) >= 11 is 0. The van der Waals surface area contributed by atoms with Gasteiger partial charge in [-0.15, -0.1) is 0 Å². The lowest BCUT2D eigenvalue weighted by molar-refractivity contribution is 0.0870. The van der Waals surface area contributed by atoms with Crippen LogP contribution < -0.4 is 4.74 Å². The molecule has 0 spiro atoms. The van der Waals surface area contributed by atoms with E-state index in [1.165, 1.54) is 6.07 Å². The van der Waals surface area contributed by atoms with Crippen LogP contribution in [0.3, 0.4) is 0 Å². The van der Waals surface area contributed by atoms with E-state index in [1.807, 2.05) is 6.92 Å². The quantitative estimate of drug-likeness (QED) is 0.868. The fourth-order valence-corrected chi connectivity index (χ4v) is 1.59. The maximum Gasteiger partial charge on any atom is 0.165 e. The molecule has 0 radical (unpaired) electrons. The van der Waals surface area contributed by atoms with E-state index in [9.17, 15) is 9.50 Å². The first-order valence-electron chi connectivity index (χ1n) is 6.35. The highest BCUT2D eigenvalue weighted by Gasteiger charge is 2.14. The summed E-state index contributed by atoms with van der Waals surface area (Å²) < 4.78 is 18.7. The Kier molecular flexibility index (Phi) is 5.15. The molecular weight excluding hydrogens is 231 g/mol. The number of aryl methyl sites for hydroxylation is 1. The first-order chi connectivity index (χ1) is 8.28. The van der Waals surface area contributed by atoms with Gasteiger partial charge in [0.1, 0.15) is 6.61 Å². The smallest absolute Gasteiger partial charge is 0.165 e. The topological polar surface area (TPSA) is 29.5 Å². The fourth-order valence-electron chi connectivity index (χ4n) is 1.59. The summed E-state index contributed by atoms with van der Waals surface area (Å²) in [5.74, 6) is -0.173. The highest BCUT2D eigenvalue weighted by Crippen LogP contribution is 2.22. The zero-order valence-electron chi connectivity index (χ0n) is 11.7. The van der Waals surface area contributed by atoms with Gasteiger partial charge in [0.15, 0.2) is 11.6 Å². The molecule has 1 rings (SSSR count). The molecule has 0 saturated carbocycles. The number of hydrogen-bond donors (Lipinski definition) is 1. The standard InChI is InChI=1S/C15H23FO2/c1-11-5-6-13(16)14(9-11)18-10-12(17)7-8-15(2,3)4/h5-6,9,12,17H,7-8,10H2,1-4H3. The number of hydrogen-bond acceptors (Lipinski definition) is 2. The van der Waals surface area contributed by atoms with Crippen molar-refractivity contribution in [3.05, 3.63) is 29.6 Å². The van der Waals surface area contributed by atoms with Crippen molar-refractivity contribution in [2.24, 2.45) is 5.41 Å². The molecule has 0 aromatic heterocycles. The molecule has 0 amide bonds. The summed E-state index contributed by atoms with van der Waals surface area (Å²) in [6.45, 7) is 8.39. The second kappa shape index (κ2) is 6.19. The number of ether oxygens (including phenoxy) is 1. The van der Waals surface area contributed by atoms with E-state index in [2.05, 4.69) is 20.8 Å². The molecule has 1 N–H and O–H groups in total. The van der Waals surface area contributed by atoms with Gasteiger partial charge in [0.2, 0.25) is 0 Å². The number of benzene rings is 1. The van der Waals surface area contributed by atoms with E-state index >= 15 is 0 Å². The number of aliphatic hydroxyl groups is 1. The summed E-state index contributed by atoms with van der Waals surface area (Å²) in [4.78, 5) is 0. The van der Waals surface area contributed by atoms with Crippen molar-refractivity contribution >= 4 is 0 Å². The second-order valence-corrected chi connectivity index (χ2v) is 6.00. The van der Waals surface area contributed by atoms with E-state index in [0.717, 1.165) is 12.0 Å². The Morgan fingerprint density at radius 3 is 2.61 bits per heavy atom. The number of rotatable bonds is 5. The molecule has 0 aliphatic heterocycles. The van der Waals surface area contributed by atoms with E-state index in [1.54, 1.807) is 12.1 Å². The van der Waals surface area contributed by atoms with Crippen LogP contribution in [0.4, 0.5) is 4.39 Å². The van der Waals surface area contributed by atoms with Crippen molar-refractivity contribution in [2.45, 2.75) is 46.6 Å². The predicted octanol–water partition coefficient (Wildman–Crippen LogP) is 3.70. The molecule has 0 aliphatic carbocycles. The van der Waals surface area contributed by atoms with Crippen LogP contribution in [0.15, 0.2) is 18.2 Å². The van der Waals surface area contributed by atoms with E-state index in [4.69, 9.17) is 4.74 Å². The van der Waals surface area contributed by atoms with Crippen molar-refractivity contribution in [1.29, 1.82) is 0 Å². The Balaban J connectivity index is 2.42. The molecule has 1 unspecified atom stereocenters. The van der Waals surface area contributed by atoms with Crippen LogP contribution in [0.1, 0.15) is 39.2 Å². The highest BCUT2D eigenvalue weighted by molar-refractivity contribution is 5.29. The zero-order chi connectivity index (χ0) is 13.8. The summed E-state index contributed by atoms with van der Waals surface area (Å²) in [5, 5.41) is 9.79. The second-order valence-electron chi connectivity index (χ2n) is 6.00. The summed E-state index contributed by atoms with van der Waals surface area (Å²) in [6, 6.07) is 4.72. The van der Waals surface area contributed by atoms with Gasteiger partial charge < -0.3 is 9.84 Å². The summed E-state index contributed by atoms with van der Waals surface area (Å²) in [6.07, 6.45) is 1.02. The van der Waals surface area contributed by atoms with Gasteiger partial charge >= 0.3 is 0 Å². The van der Waals surface area contributed by atoms with Crippen LogP contribution in [0.5, 0.6) is 5.75 Å². The van der Waals surface area contributed by atoms with Gasteiger partial charge in [0.05, 0.1) is 6.10 Å². The Labute approximate surface area is 109 Å². The average Bonchev–Trinajstić information content (AvgIpc) is 2.26. The monoisotopic (exact) mass is 254 g/mol. The molecule has 18 heavy (non-hydrogen) atoms. The number of halogens is 1. The van der Waals surface area contributed by atoms with Crippen molar-refractivity contribution in [3.63, 3.8) is 0 Å². The molecule has 0 saturated heterocycles. The first-order valence-corrected chi connectivity index (χ1v) is 6.35. The molecule has 0 fully saturated rings. The lowest BCUT2D eigenvalue weighted by Crippen LogP contribution is -2.20. The van der Waals surface area contributed by atoms with Crippen LogP contribution in [-0.4, -0.2) is 17.8 Å². The molecule has 1 aromatic rings. The third kappa shape index (κ3) is 5.50. The minimum Gasteiger partial charge on any atom is -0.488 e. The maximum atomic E-state index is 13.4. The van der Waals surface area contributed by atoms with E-state index < -0.39 is 6.10 Å². The van der Waals surface area contributed by atoms with Gasteiger partial charge in [-0.1, -0.05) is 26.8 Å². The van der Waals surface area contributed by atoms with Crippen molar-refractivity contribution in [1.82, 2.24) is 0 Å². The Morgan fingerprint density at radius 2 is 2.00 bits per heavy atom. The fraction of sp³-hybridized carbons (Fsp3) is 0.600. The summed E-state index contributed by atoms with van der Waals surface area (Å²) in [7, 11) is 0.